The summed E-state index contributed by atoms with van der Waals surface area (Å²) in [6.45, 7) is 6.79. The molecule has 0 spiro atoms. The van der Waals surface area contributed by atoms with Crippen LogP contribution in [0.4, 0.5) is 0 Å². The fourth-order valence-corrected chi connectivity index (χ4v) is 1.95. The molecule has 21 heavy (non-hydrogen) atoms. The summed E-state index contributed by atoms with van der Waals surface area (Å²) in [5, 5.41) is 15.7. The van der Waals surface area contributed by atoms with Gasteiger partial charge in [-0.25, -0.2) is 9.36 Å². The van der Waals surface area contributed by atoms with E-state index in [9.17, 15) is 4.79 Å². The largest absolute Gasteiger partial charge is 0.379 e. The van der Waals surface area contributed by atoms with E-state index in [-0.39, 0.29) is 11.7 Å². The summed E-state index contributed by atoms with van der Waals surface area (Å²) in [6.07, 6.45) is 2.74. The Kier molecular flexibility index (Phi) is 5.40. The zero-order valence-electron chi connectivity index (χ0n) is 12.7. The molecular formula is C13H22N6O2. The maximum Gasteiger partial charge on any atom is 0.280 e. The van der Waals surface area contributed by atoms with Crippen LogP contribution >= 0.6 is 0 Å². The van der Waals surface area contributed by atoms with Crippen molar-refractivity contribution in [3.8, 4) is 0 Å². The first kappa shape index (κ1) is 15.6. The number of aromatic nitrogens is 5. The first-order chi connectivity index (χ1) is 10.1. The lowest BCUT2D eigenvalue weighted by Crippen LogP contribution is -2.30. The molecule has 2 aromatic heterocycles. The predicted octanol–water partition coefficient (Wildman–Crippen LogP) is -0.0703. The van der Waals surface area contributed by atoms with E-state index in [2.05, 4.69) is 20.7 Å². The number of fused-ring (bicyclic) bond motifs is 1. The van der Waals surface area contributed by atoms with Crippen LogP contribution in [0.3, 0.4) is 0 Å². The maximum absolute atomic E-state index is 12.1. The molecule has 2 aromatic rings. The van der Waals surface area contributed by atoms with Crippen molar-refractivity contribution in [3.05, 3.63) is 16.6 Å². The third-order valence-corrected chi connectivity index (χ3v) is 3.07. The van der Waals surface area contributed by atoms with Crippen molar-refractivity contribution in [2.75, 3.05) is 19.7 Å². The van der Waals surface area contributed by atoms with Gasteiger partial charge in [-0.15, -0.1) is 5.10 Å². The lowest BCUT2D eigenvalue weighted by molar-refractivity contribution is 0.0771. The molecule has 0 aromatic carbocycles. The van der Waals surface area contributed by atoms with Crippen molar-refractivity contribution in [3.63, 3.8) is 0 Å². The van der Waals surface area contributed by atoms with Gasteiger partial charge in [0.05, 0.1) is 18.8 Å². The molecule has 0 atom stereocenters. The summed E-state index contributed by atoms with van der Waals surface area (Å²) in [6, 6.07) is 0. The van der Waals surface area contributed by atoms with Gasteiger partial charge in [0, 0.05) is 20.2 Å². The number of nitrogens with one attached hydrogen (secondary N) is 1. The Labute approximate surface area is 123 Å². The second-order valence-corrected chi connectivity index (χ2v) is 5.15. The molecule has 2 heterocycles. The van der Waals surface area contributed by atoms with E-state index in [0.29, 0.717) is 24.1 Å². The Morgan fingerprint density at radius 3 is 2.95 bits per heavy atom. The predicted molar refractivity (Wildman–Crippen MR) is 79.1 cm³/mol. The van der Waals surface area contributed by atoms with Gasteiger partial charge in [0.15, 0.2) is 5.65 Å². The highest BCUT2D eigenvalue weighted by atomic mass is 16.5. The molecule has 0 aliphatic heterocycles. The third-order valence-electron chi connectivity index (χ3n) is 3.07. The number of hydrogen-bond donors (Lipinski definition) is 1. The molecule has 0 bridgehead atoms. The molecular weight excluding hydrogens is 272 g/mol. The highest BCUT2D eigenvalue weighted by molar-refractivity contribution is 5.72. The molecule has 0 saturated carbocycles. The number of aryl methyl sites for hydroxylation is 1. The Morgan fingerprint density at radius 1 is 1.38 bits per heavy atom. The van der Waals surface area contributed by atoms with Crippen molar-refractivity contribution in [1.82, 2.24) is 30.1 Å². The summed E-state index contributed by atoms with van der Waals surface area (Å²) < 4.78 is 8.35. The zero-order chi connectivity index (χ0) is 15.2. The number of ether oxygens (including phenoxy) is 1. The van der Waals surface area contributed by atoms with Gasteiger partial charge in [-0.1, -0.05) is 5.21 Å². The van der Waals surface area contributed by atoms with E-state index in [0.717, 1.165) is 19.6 Å². The van der Waals surface area contributed by atoms with Crippen LogP contribution in [0.1, 0.15) is 20.3 Å². The molecule has 0 saturated heterocycles. The van der Waals surface area contributed by atoms with Gasteiger partial charge in [0.25, 0.3) is 5.56 Å². The van der Waals surface area contributed by atoms with Gasteiger partial charge in [-0.3, -0.25) is 4.79 Å². The molecule has 8 heteroatoms. The molecule has 0 radical (unpaired) electrons. The van der Waals surface area contributed by atoms with Gasteiger partial charge in [0.2, 0.25) is 0 Å². The van der Waals surface area contributed by atoms with Gasteiger partial charge in [0.1, 0.15) is 5.39 Å². The minimum atomic E-state index is -0.155. The normalized spacial score (nSPS) is 11.6. The van der Waals surface area contributed by atoms with Crippen LogP contribution in [0.15, 0.2) is 11.0 Å². The van der Waals surface area contributed by atoms with Crippen LogP contribution in [-0.4, -0.2) is 50.6 Å². The highest BCUT2D eigenvalue weighted by Crippen LogP contribution is 2.01. The minimum Gasteiger partial charge on any atom is -0.379 e. The van der Waals surface area contributed by atoms with Crippen LogP contribution in [0.25, 0.3) is 11.0 Å². The number of nitrogens with zero attached hydrogens (tertiary/aromatic N) is 5. The van der Waals surface area contributed by atoms with Crippen LogP contribution in [-0.2, 0) is 18.3 Å². The average molecular weight is 294 g/mol. The SMILES string of the molecule is CC(C)OCCCNCCn1nnc2c(cnn2C)c1=O. The molecule has 0 amide bonds. The lowest BCUT2D eigenvalue weighted by Gasteiger charge is -2.08. The molecule has 0 unspecified atom stereocenters. The molecule has 0 aliphatic rings. The molecule has 116 valence electrons. The lowest BCUT2D eigenvalue weighted by atomic mass is 10.4. The van der Waals surface area contributed by atoms with E-state index >= 15 is 0 Å². The van der Waals surface area contributed by atoms with E-state index in [1.165, 1.54) is 10.9 Å². The smallest absolute Gasteiger partial charge is 0.280 e. The Hall–Kier alpha value is -1.80. The summed E-state index contributed by atoms with van der Waals surface area (Å²) >= 11 is 0. The van der Waals surface area contributed by atoms with Crippen molar-refractivity contribution >= 4 is 11.0 Å². The van der Waals surface area contributed by atoms with Gasteiger partial charge < -0.3 is 10.1 Å². The van der Waals surface area contributed by atoms with Crippen LogP contribution in [0.5, 0.6) is 0 Å². The fourth-order valence-electron chi connectivity index (χ4n) is 1.95. The van der Waals surface area contributed by atoms with Gasteiger partial charge >= 0.3 is 0 Å². The third kappa shape index (κ3) is 4.08. The number of rotatable bonds is 8. The van der Waals surface area contributed by atoms with Crippen molar-refractivity contribution < 1.29 is 4.74 Å². The monoisotopic (exact) mass is 294 g/mol. The molecule has 1 N–H and O–H groups in total. The standard InChI is InChI=1S/C13H22N6O2/c1-10(2)21-8-4-5-14-6-7-19-13(20)11-9-15-18(3)12(11)16-17-19/h9-10,14H,4-8H2,1-3H3. The Balaban J connectivity index is 1.79. The first-order valence-electron chi connectivity index (χ1n) is 7.17. The van der Waals surface area contributed by atoms with Crippen LogP contribution in [0, 0.1) is 0 Å². The summed E-state index contributed by atoms with van der Waals surface area (Å²) in [4.78, 5) is 12.1. The Morgan fingerprint density at radius 2 is 2.19 bits per heavy atom. The van der Waals surface area contributed by atoms with Crippen LogP contribution in [0.2, 0.25) is 0 Å². The summed E-state index contributed by atoms with van der Waals surface area (Å²) in [7, 11) is 1.74. The second-order valence-electron chi connectivity index (χ2n) is 5.15. The van der Waals surface area contributed by atoms with E-state index in [4.69, 9.17) is 4.74 Å². The molecule has 8 nitrogen and oxygen atoms in total. The average Bonchev–Trinajstić information content (AvgIpc) is 2.82. The zero-order valence-corrected chi connectivity index (χ0v) is 12.7. The van der Waals surface area contributed by atoms with Gasteiger partial charge in [-0.2, -0.15) is 5.10 Å². The summed E-state index contributed by atoms with van der Waals surface area (Å²) in [5.74, 6) is 0. The second kappa shape index (κ2) is 7.28. The quantitative estimate of drug-likeness (QED) is 0.686. The van der Waals surface area contributed by atoms with Crippen LogP contribution < -0.4 is 10.9 Å². The minimum absolute atomic E-state index is 0.155. The Bertz CT molecular complexity index is 633. The highest BCUT2D eigenvalue weighted by Gasteiger charge is 2.08. The van der Waals surface area contributed by atoms with E-state index in [1.54, 1.807) is 11.7 Å². The van der Waals surface area contributed by atoms with Crippen molar-refractivity contribution in [1.29, 1.82) is 0 Å². The molecule has 0 aliphatic carbocycles. The molecule has 2 rings (SSSR count). The fraction of sp³-hybridized carbons (Fsp3) is 0.692. The van der Waals surface area contributed by atoms with E-state index < -0.39 is 0 Å². The topological polar surface area (TPSA) is 86.9 Å². The first-order valence-corrected chi connectivity index (χ1v) is 7.17. The van der Waals surface area contributed by atoms with E-state index in [1.807, 2.05) is 13.8 Å². The summed E-state index contributed by atoms with van der Waals surface area (Å²) in [5.41, 5.74) is 0.355. The van der Waals surface area contributed by atoms with Crippen molar-refractivity contribution in [2.45, 2.75) is 32.9 Å². The maximum atomic E-state index is 12.1. The molecule has 0 fully saturated rings. The van der Waals surface area contributed by atoms with Crippen molar-refractivity contribution in [2.24, 2.45) is 7.05 Å². The number of hydrogen-bond acceptors (Lipinski definition) is 6. The van der Waals surface area contributed by atoms with Gasteiger partial charge in [-0.05, 0) is 26.8 Å².